The molecule has 1 unspecified atom stereocenters. The lowest BCUT2D eigenvalue weighted by molar-refractivity contribution is 0.0940. The Morgan fingerprint density at radius 1 is 1.48 bits per heavy atom. The summed E-state index contributed by atoms with van der Waals surface area (Å²) in [5.41, 5.74) is 1.14. The van der Waals surface area contributed by atoms with Crippen molar-refractivity contribution < 1.29 is 4.79 Å². The summed E-state index contributed by atoms with van der Waals surface area (Å²) in [5.74, 6) is 0.396. The van der Waals surface area contributed by atoms with Crippen molar-refractivity contribution in [1.29, 1.82) is 0 Å². The van der Waals surface area contributed by atoms with Crippen LogP contribution in [-0.2, 0) is 0 Å². The van der Waals surface area contributed by atoms with Crippen molar-refractivity contribution in [1.82, 2.24) is 25.6 Å². The molecule has 0 saturated carbocycles. The number of nitrogens with zero attached hydrogens (tertiary/aromatic N) is 3. The molecule has 3 rings (SSSR count). The molecular formula is C14H17N5OS. The fourth-order valence-corrected chi connectivity index (χ4v) is 3.09. The molecule has 2 N–H and O–H groups in total. The van der Waals surface area contributed by atoms with Crippen molar-refractivity contribution in [3.63, 3.8) is 0 Å². The first-order chi connectivity index (χ1) is 10.3. The zero-order chi connectivity index (χ0) is 14.5. The summed E-state index contributed by atoms with van der Waals surface area (Å²) in [4.78, 5) is 24.6. The molecule has 7 heteroatoms. The van der Waals surface area contributed by atoms with Gasteiger partial charge in [-0.05, 0) is 31.8 Å². The Kier molecular flexibility index (Phi) is 4.52. The predicted octanol–water partition coefficient (Wildman–Crippen LogP) is 1.33. The normalized spacial score (nSPS) is 18.4. The fourth-order valence-electron chi connectivity index (χ4n) is 2.33. The summed E-state index contributed by atoms with van der Waals surface area (Å²) in [6.07, 6.45) is 7.22. The van der Waals surface area contributed by atoms with Crippen LogP contribution in [0.4, 0.5) is 0 Å². The minimum atomic E-state index is -0.119. The molecule has 1 atom stereocenters. The lowest BCUT2D eigenvalue weighted by Crippen LogP contribution is -2.38. The van der Waals surface area contributed by atoms with Crippen LogP contribution in [0.1, 0.15) is 23.3 Å². The van der Waals surface area contributed by atoms with Crippen molar-refractivity contribution in [3.05, 3.63) is 29.7 Å². The average Bonchev–Trinajstić information content (AvgIpc) is 3.04. The molecule has 1 aliphatic rings. The molecule has 1 fully saturated rings. The second-order valence-electron chi connectivity index (χ2n) is 5.05. The lowest BCUT2D eigenvalue weighted by atomic mass is 10.00. The summed E-state index contributed by atoms with van der Waals surface area (Å²) in [6, 6.07) is 0. The van der Waals surface area contributed by atoms with Crippen LogP contribution < -0.4 is 10.6 Å². The third-order valence-electron chi connectivity index (χ3n) is 3.47. The molecule has 110 valence electrons. The molecule has 1 aliphatic heterocycles. The molecule has 0 aromatic carbocycles. The van der Waals surface area contributed by atoms with E-state index in [9.17, 15) is 4.79 Å². The van der Waals surface area contributed by atoms with Crippen LogP contribution in [0.5, 0.6) is 0 Å². The van der Waals surface area contributed by atoms with Crippen molar-refractivity contribution in [3.8, 4) is 10.7 Å². The maximum atomic E-state index is 12.1. The third-order valence-corrected chi connectivity index (χ3v) is 4.33. The maximum Gasteiger partial charge on any atom is 0.270 e. The summed E-state index contributed by atoms with van der Waals surface area (Å²) in [5, 5.41) is 8.78. The van der Waals surface area contributed by atoms with Gasteiger partial charge in [-0.25, -0.2) is 4.98 Å². The van der Waals surface area contributed by atoms with Gasteiger partial charge in [-0.15, -0.1) is 11.3 Å². The largest absolute Gasteiger partial charge is 0.350 e. The minimum absolute atomic E-state index is 0.119. The van der Waals surface area contributed by atoms with E-state index in [4.69, 9.17) is 0 Å². The van der Waals surface area contributed by atoms with E-state index < -0.39 is 0 Å². The molecule has 0 spiro atoms. The Morgan fingerprint density at radius 2 is 2.43 bits per heavy atom. The van der Waals surface area contributed by atoms with Gasteiger partial charge >= 0.3 is 0 Å². The van der Waals surface area contributed by atoms with Gasteiger partial charge in [-0.1, -0.05) is 0 Å². The van der Waals surface area contributed by atoms with Gasteiger partial charge in [0.05, 0.1) is 6.20 Å². The van der Waals surface area contributed by atoms with E-state index in [0.717, 1.165) is 19.5 Å². The van der Waals surface area contributed by atoms with E-state index >= 15 is 0 Å². The smallest absolute Gasteiger partial charge is 0.270 e. The SMILES string of the molecule is O=C(NCC1CCCNC1)c1csc(-c2cnccn2)n1. The maximum absolute atomic E-state index is 12.1. The van der Waals surface area contributed by atoms with Crippen molar-refractivity contribution in [2.24, 2.45) is 5.92 Å². The number of hydrogen-bond acceptors (Lipinski definition) is 6. The van der Waals surface area contributed by atoms with E-state index in [0.29, 0.717) is 28.9 Å². The van der Waals surface area contributed by atoms with Crippen LogP contribution in [0, 0.1) is 5.92 Å². The first kappa shape index (κ1) is 14.1. The van der Waals surface area contributed by atoms with E-state index in [2.05, 4.69) is 25.6 Å². The quantitative estimate of drug-likeness (QED) is 0.891. The van der Waals surface area contributed by atoms with Crippen LogP contribution >= 0.6 is 11.3 Å². The molecule has 21 heavy (non-hydrogen) atoms. The van der Waals surface area contributed by atoms with Crippen LogP contribution in [-0.4, -0.2) is 40.5 Å². The Bertz CT molecular complexity index is 594. The van der Waals surface area contributed by atoms with E-state index in [1.165, 1.54) is 17.8 Å². The van der Waals surface area contributed by atoms with Gasteiger partial charge in [-0.2, -0.15) is 0 Å². The number of rotatable bonds is 4. The first-order valence-corrected chi connectivity index (χ1v) is 7.92. The molecule has 0 bridgehead atoms. The van der Waals surface area contributed by atoms with Crippen LogP contribution in [0.3, 0.4) is 0 Å². The Labute approximate surface area is 127 Å². The standard InChI is InChI=1S/C14H17N5OS/c20-13(18-7-10-2-1-3-15-6-10)12-9-21-14(19-12)11-8-16-4-5-17-11/h4-5,8-10,15H,1-3,6-7H2,(H,18,20). The number of thiazole rings is 1. The van der Waals surface area contributed by atoms with E-state index in [1.807, 2.05) is 0 Å². The molecule has 6 nitrogen and oxygen atoms in total. The van der Waals surface area contributed by atoms with Gasteiger partial charge < -0.3 is 10.6 Å². The fraction of sp³-hybridized carbons (Fsp3) is 0.429. The second-order valence-corrected chi connectivity index (χ2v) is 5.91. The molecule has 2 aromatic rings. The number of piperidine rings is 1. The van der Waals surface area contributed by atoms with E-state index in [-0.39, 0.29) is 5.91 Å². The molecule has 0 radical (unpaired) electrons. The predicted molar refractivity (Wildman–Crippen MR) is 81.1 cm³/mol. The van der Waals surface area contributed by atoms with E-state index in [1.54, 1.807) is 24.0 Å². The first-order valence-electron chi connectivity index (χ1n) is 7.04. The summed E-state index contributed by atoms with van der Waals surface area (Å²) in [6.45, 7) is 2.75. The van der Waals surface area contributed by atoms with Crippen LogP contribution in [0.2, 0.25) is 0 Å². The highest BCUT2D eigenvalue weighted by molar-refractivity contribution is 7.13. The second kappa shape index (κ2) is 6.73. The highest BCUT2D eigenvalue weighted by Gasteiger charge is 2.16. The van der Waals surface area contributed by atoms with Crippen molar-refractivity contribution in [2.75, 3.05) is 19.6 Å². The number of amides is 1. The Morgan fingerprint density at radius 3 is 3.19 bits per heavy atom. The highest BCUT2D eigenvalue weighted by atomic mass is 32.1. The molecular weight excluding hydrogens is 286 g/mol. The monoisotopic (exact) mass is 303 g/mol. The molecule has 3 heterocycles. The van der Waals surface area contributed by atoms with Gasteiger partial charge in [0.1, 0.15) is 16.4 Å². The van der Waals surface area contributed by atoms with Gasteiger partial charge in [0.15, 0.2) is 0 Å². The summed E-state index contributed by atoms with van der Waals surface area (Å²) < 4.78 is 0. The number of carbonyl (C=O) groups excluding carboxylic acids is 1. The van der Waals surface area contributed by atoms with Crippen molar-refractivity contribution in [2.45, 2.75) is 12.8 Å². The third kappa shape index (κ3) is 3.62. The number of hydrogen-bond donors (Lipinski definition) is 2. The Hall–Kier alpha value is -1.86. The minimum Gasteiger partial charge on any atom is -0.350 e. The average molecular weight is 303 g/mol. The highest BCUT2D eigenvalue weighted by Crippen LogP contribution is 2.20. The number of aromatic nitrogens is 3. The molecule has 0 aliphatic carbocycles. The van der Waals surface area contributed by atoms with Gasteiger partial charge in [0.25, 0.3) is 5.91 Å². The Balaban J connectivity index is 1.59. The number of nitrogens with one attached hydrogen (secondary N) is 2. The summed E-state index contributed by atoms with van der Waals surface area (Å²) in [7, 11) is 0. The molecule has 1 amide bonds. The topological polar surface area (TPSA) is 79.8 Å². The van der Waals surface area contributed by atoms with Gasteiger partial charge in [0, 0.05) is 24.3 Å². The van der Waals surface area contributed by atoms with Crippen molar-refractivity contribution >= 4 is 17.2 Å². The summed E-state index contributed by atoms with van der Waals surface area (Å²) >= 11 is 1.41. The molecule has 2 aromatic heterocycles. The van der Waals surface area contributed by atoms with Crippen LogP contribution in [0.15, 0.2) is 24.0 Å². The zero-order valence-corrected chi connectivity index (χ0v) is 12.4. The van der Waals surface area contributed by atoms with Gasteiger partial charge in [0.2, 0.25) is 0 Å². The molecule has 1 saturated heterocycles. The lowest BCUT2D eigenvalue weighted by Gasteiger charge is -2.22. The number of carbonyl (C=O) groups is 1. The zero-order valence-electron chi connectivity index (χ0n) is 11.6. The van der Waals surface area contributed by atoms with Crippen LogP contribution in [0.25, 0.3) is 10.7 Å². The van der Waals surface area contributed by atoms with Gasteiger partial charge in [-0.3, -0.25) is 14.8 Å².